The molecule has 0 spiro atoms. The zero-order chi connectivity index (χ0) is 36.0. The Balaban J connectivity index is 0.000000125. The maximum atomic E-state index is 5.97. The van der Waals surface area contributed by atoms with Crippen molar-refractivity contribution in [1.82, 2.24) is 0 Å². The molecule has 256 valence electrons. The minimum Gasteiger partial charge on any atom is -0.456 e. The molecule has 2 heterocycles. The fraction of sp³-hybridized carbons (Fsp3) is 0. The zero-order valence-corrected chi connectivity index (χ0v) is 30.3. The second-order valence-electron chi connectivity index (χ2n) is 12.5. The summed E-state index contributed by atoms with van der Waals surface area (Å²) in [4.78, 5) is 0. The lowest BCUT2D eigenvalue weighted by atomic mass is 10.1. The van der Waals surface area contributed by atoms with Gasteiger partial charge in [-0.2, -0.15) is 0 Å². The quantitative estimate of drug-likeness (QED) is 0.176. The Hall–Kier alpha value is -6.56. The summed E-state index contributed by atoms with van der Waals surface area (Å²) < 4.78 is 12.8. The van der Waals surface area contributed by atoms with Crippen LogP contribution in [0.1, 0.15) is 0 Å². The Bertz CT molecular complexity index is 2750. The van der Waals surface area contributed by atoms with Gasteiger partial charge < -0.3 is 19.9 Å². The fourth-order valence-electron chi connectivity index (χ4n) is 6.45. The smallest absolute Gasteiger partial charge is 0.137 e. The van der Waals surface area contributed by atoms with E-state index >= 15 is 0 Å². The van der Waals surface area contributed by atoms with Crippen molar-refractivity contribution >= 4 is 76.9 Å². The third kappa shape index (κ3) is 7.43. The summed E-state index contributed by atoms with van der Waals surface area (Å²) in [6.07, 6.45) is 0. The zero-order valence-electron chi connectivity index (χ0n) is 28.7. The van der Waals surface area contributed by atoms with Crippen molar-refractivity contribution in [3.63, 3.8) is 0 Å². The van der Waals surface area contributed by atoms with E-state index in [4.69, 9.17) is 14.6 Å². The molecule has 0 fully saturated rings. The lowest BCUT2D eigenvalue weighted by Gasteiger charge is -2.09. The molecule has 0 bridgehead atoms. The third-order valence-electron chi connectivity index (χ3n) is 9.04. The standard InChI is InChI=1S/C24H17NO.C12H7BrO.C12H11N/c1-2-7-17(8-3-1)18-13-15-19(16-14-18)25-21-10-6-12-23-24(21)20-9-4-5-11-22(20)26-23;13-9-5-3-7-11-12(9)8-4-1-2-6-10(8)14-11;13-12-8-6-11(7-9-12)10-4-2-1-3-5-10/h1-16,25H;1-7H;1-9H,13H2. The molecular weight excluding hydrogens is 716 g/mol. The molecule has 10 aromatic rings. The van der Waals surface area contributed by atoms with Crippen molar-refractivity contribution in [3.8, 4) is 22.3 Å². The van der Waals surface area contributed by atoms with Gasteiger partial charge in [0, 0.05) is 32.0 Å². The lowest BCUT2D eigenvalue weighted by Crippen LogP contribution is -1.90. The van der Waals surface area contributed by atoms with Gasteiger partial charge in [-0.25, -0.2) is 0 Å². The van der Waals surface area contributed by atoms with E-state index in [1.807, 2.05) is 115 Å². The molecule has 0 amide bonds. The van der Waals surface area contributed by atoms with Crippen LogP contribution in [0.2, 0.25) is 0 Å². The number of hydrogen-bond acceptors (Lipinski definition) is 4. The van der Waals surface area contributed by atoms with Gasteiger partial charge in [0.05, 0.1) is 11.1 Å². The number of rotatable bonds is 4. The van der Waals surface area contributed by atoms with Crippen LogP contribution in [0.15, 0.2) is 207 Å². The van der Waals surface area contributed by atoms with Gasteiger partial charge in [-0.05, 0) is 82.9 Å². The first-order valence-corrected chi connectivity index (χ1v) is 18.2. The minimum atomic E-state index is 0.805. The molecule has 0 aliphatic rings. The van der Waals surface area contributed by atoms with Gasteiger partial charge in [0.25, 0.3) is 0 Å². The van der Waals surface area contributed by atoms with Gasteiger partial charge in [0.15, 0.2) is 0 Å². The second-order valence-corrected chi connectivity index (χ2v) is 13.4. The number of nitrogens with one attached hydrogen (secondary N) is 1. The van der Waals surface area contributed by atoms with Crippen molar-refractivity contribution in [2.24, 2.45) is 0 Å². The van der Waals surface area contributed by atoms with E-state index < -0.39 is 0 Å². The number of nitrogens with two attached hydrogens (primary N) is 1. The predicted octanol–water partition coefficient (Wildman–Crippen LogP) is 14.3. The second kappa shape index (κ2) is 15.4. The van der Waals surface area contributed by atoms with Crippen LogP contribution < -0.4 is 11.1 Å². The number of nitrogen functional groups attached to an aromatic ring is 1. The molecule has 10 rings (SSSR count). The van der Waals surface area contributed by atoms with Crippen LogP contribution in [0.3, 0.4) is 0 Å². The van der Waals surface area contributed by atoms with Crippen molar-refractivity contribution in [3.05, 3.63) is 199 Å². The predicted molar refractivity (Wildman–Crippen MR) is 227 cm³/mol. The lowest BCUT2D eigenvalue weighted by molar-refractivity contribution is 0.668. The normalized spacial score (nSPS) is 10.8. The highest BCUT2D eigenvalue weighted by molar-refractivity contribution is 9.10. The summed E-state index contributed by atoms with van der Waals surface area (Å²) in [6, 6.07) is 65.4. The number of hydrogen-bond donors (Lipinski definition) is 2. The van der Waals surface area contributed by atoms with Crippen LogP contribution >= 0.6 is 15.9 Å². The van der Waals surface area contributed by atoms with Crippen LogP contribution in [0.25, 0.3) is 66.1 Å². The van der Waals surface area contributed by atoms with Crippen LogP contribution in [0.5, 0.6) is 0 Å². The average Bonchev–Trinajstić information content (AvgIpc) is 3.80. The Labute approximate surface area is 316 Å². The van der Waals surface area contributed by atoms with E-state index in [-0.39, 0.29) is 0 Å². The Kier molecular flexibility index (Phi) is 9.73. The molecule has 0 radical (unpaired) electrons. The SMILES string of the molecule is Brc1cccc2oc3ccccc3c12.Nc1ccc(-c2ccccc2)cc1.c1ccc(-c2ccc(Nc3cccc4oc5ccccc5c34)cc2)cc1. The van der Waals surface area contributed by atoms with E-state index in [2.05, 4.69) is 100 Å². The number of para-hydroxylation sites is 2. The maximum Gasteiger partial charge on any atom is 0.137 e. The molecule has 5 heteroatoms. The average molecular weight is 752 g/mol. The number of fused-ring (bicyclic) bond motifs is 6. The summed E-state index contributed by atoms with van der Waals surface area (Å²) in [5.74, 6) is 0. The summed E-state index contributed by atoms with van der Waals surface area (Å²) in [5, 5.41) is 8.11. The van der Waals surface area contributed by atoms with E-state index in [1.54, 1.807) is 0 Å². The van der Waals surface area contributed by atoms with Crippen LogP contribution in [0, 0.1) is 0 Å². The number of furan rings is 2. The molecule has 0 aliphatic heterocycles. The first-order valence-electron chi connectivity index (χ1n) is 17.4. The third-order valence-corrected chi connectivity index (χ3v) is 9.70. The van der Waals surface area contributed by atoms with Gasteiger partial charge in [-0.3, -0.25) is 0 Å². The van der Waals surface area contributed by atoms with Crippen molar-refractivity contribution in [1.29, 1.82) is 0 Å². The minimum absolute atomic E-state index is 0.805. The van der Waals surface area contributed by atoms with Crippen molar-refractivity contribution in [2.75, 3.05) is 11.1 Å². The number of halogens is 1. The van der Waals surface area contributed by atoms with E-state index in [0.29, 0.717) is 0 Å². The van der Waals surface area contributed by atoms with Gasteiger partial charge in [0.1, 0.15) is 22.3 Å². The van der Waals surface area contributed by atoms with Crippen molar-refractivity contribution < 1.29 is 8.83 Å². The van der Waals surface area contributed by atoms with Gasteiger partial charge in [0.2, 0.25) is 0 Å². The molecule has 0 unspecified atom stereocenters. The van der Waals surface area contributed by atoms with Gasteiger partial charge in [-0.1, -0.05) is 149 Å². The van der Waals surface area contributed by atoms with Gasteiger partial charge >= 0.3 is 0 Å². The van der Waals surface area contributed by atoms with Crippen LogP contribution in [-0.2, 0) is 0 Å². The van der Waals surface area contributed by atoms with E-state index in [0.717, 1.165) is 65.4 Å². The summed E-state index contributed by atoms with van der Waals surface area (Å²) in [5.41, 5.74) is 17.1. The monoisotopic (exact) mass is 750 g/mol. The highest BCUT2D eigenvalue weighted by atomic mass is 79.9. The van der Waals surface area contributed by atoms with Crippen LogP contribution in [-0.4, -0.2) is 0 Å². The molecular formula is C48H35BrN2O2. The Morgan fingerprint density at radius 1 is 0.377 bits per heavy atom. The molecule has 4 nitrogen and oxygen atoms in total. The van der Waals surface area contributed by atoms with Crippen molar-refractivity contribution in [2.45, 2.75) is 0 Å². The Morgan fingerprint density at radius 2 is 0.811 bits per heavy atom. The largest absolute Gasteiger partial charge is 0.456 e. The van der Waals surface area contributed by atoms with Gasteiger partial charge in [-0.15, -0.1) is 0 Å². The number of anilines is 3. The number of benzene rings is 8. The summed E-state index contributed by atoms with van der Waals surface area (Å²) >= 11 is 3.54. The first-order chi connectivity index (χ1) is 26.1. The molecule has 3 N–H and O–H groups in total. The molecule has 2 aromatic heterocycles. The molecule has 0 saturated carbocycles. The Morgan fingerprint density at radius 3 is 1.40 bits per heavy atom. The molecule has 53 heavy (non-hydrogen) atoms. The highest BCUT2D eigenvalue weighted by Gasteiger charge is 2.11. The molecule has 8 aromatic carbocycles. The molecule has 0 atom stereocenters. The molecule has 0 aliphatic carbocycles. The topological polar surface area (TPSA) is 64.3 Å². The van der Waals surface area contributed by atoms with E-state index in [1.165, 1.54) is 22.3 Å². The van der Waals surface area contributed by atoms with Crippen LogP contribution in [0.4, 0.5) is 17.1 Å². The maximum absolute atomic E-state index is 5.97. The highest BCUT2D eigenvalue weighted by Crippen LogP contribution is 2.36. The first kappa shape index (κ1) is 33.6. The summed E-state index contributed by atoms with van der Waals surface area (Å²) in [7, 11) is 0. The fourth-order valence-corrected chi connectivity index (χ4v) is 7.01. The van der Waals surface area contributed by atoms with E-state index in [9.17, 15) is 0 Å². The molecule has 0 saturated heterocycles. The summed E-state index contributed by atoms with van der Waals surface area (Å²) in [6.45, 7) is 0.